The van der Waals surface area contributed by atoms with Gasteiger partial charge in [0.25, 0.3) is 0 Å². The summed E-state index contributed by atoms with van der Waals surface area (Å²) in [5, 5.41) is 9.25. The van der Waals surface area contributed by atoms with E-state index in [9.17, 15) is 9.90 Å². The molecule has 4 heteroatoms. The minimum absolute atomic E-state index is 0.503. The van der Waals surface area contributed by atoms with Crippen molar-refractivity contribution in [3.05, 3.63) is 0 Å². The van der Waals surface area contributed by atoms with Crippen LogP contribution < -0.4 is 0 Å². The summed E-state index contributed by atoms with van der Waals surface area (Å²) < 4.78 is 0. The van der Waals surface area contributed by atoms with E-state index in [1.54, 1.807) is 0 Å². The summed E-state index contributed by atoms with van der Waals surface area (Å²) >= 11 is 1.95. The highest BCUT2D eigenvalue weighted by Gasteiger charge is 2.46. The van der Waals surface area contributed by atoms with E-state index >= 15 is 0 Å². The van der Waals surface area contributed by atoms with Crippen LogP contribution in [0.1, 0.15) is 26.2 Å². The third kappa shape index (κ3) is 1.54. The van der Waals surface area contributed by atoms with Crippen LogP contribution in [-0.2, 0) is 4.79 Å². The Balaban J connectivity index is 2.13. The summed E-state index contributed by atoms with van der Waals surface area (Å²) in [5.41, 5.74) is -0.588. The normalized spacial score (nSPS) is 39.1. The van der Waals surface area contributed by atoms with Crippen molar-refractivity contribution in [1.82, 2.24) is 4.90 Å². The van der Waals surface area contributed by atoms with Crippen LogP contribution in [0.15, 0.2) is 0 Å². The number of thioether (sulfide) groups is 1. The monoisotopic (exact) mass is 215 g/mol. The third-order valence-corrected chi connectivity index (χ3v) is 4.65. The van der Waals surface area contributed by atoms with Crippen molar-refractivity contribution in [2.24, 2.45) is 0 Å². The Hall–Kier alpha value is -0.220. The minimum atomic E-state index is -0.646. The predicted molar refractivity (Wildman–Crippen MR) is 57.7 cm³/mol. The summed E-state index contributed by atoms with van der Waals surface area (Å²) in [5.74, 6) is 1.66. The van der Waals surface area contributed by atoms with Crippen LogP contribution in [0.2, 0.25) is 0 Å². The van der Waals surface area contributed by atoms with Gasteiger partial charge in [-0.15, -0.1) is 0 Å². The van der Waals surface area contributed by atoms with Crippen molar-refractivity contribution in [1.29, 1.82) is 0 Å². The predicted octanol–water partition coefficient (Wildman–Crippen LogP) is 1.43. The number of carbonyl (C=O) groups is 1. The van der Waals surface area contributed by atoms with Gasteiger partial charge < -0.3 is 5.11 Å². The first-order valence-electron chi connectivity index (χ1n) is 5.22. The van der Waals surface area contributed by atoms with E-state index in [1.165, 1.54) is 5.75 Å². The zero-order chi connectivity index (χ0) is 10.2. The molecule has 2 heterocycles. The van der Waals surface area contributed by atoms with Crippen molar-refractivity contribution in [2.75, 3.05) is 18.1 Å². The Morgan fingerprint density at radius 3 is 3.00 bits per heavy atom. The van der Waals surface area contributed by atoms with Gasteiger partial charge in [0, 0.05) is 11.8 Å². The molecule has 1 N–H and O–H groups in total. The van der Waals surface area contributed by atoms with Crippen LogP contribution in [0, 0.1) is 0 Å². The molecule has 80 valence electrons. The van der Waals surface area contributed by atoms with E-state index in [2.05, 4.69) is 4.90 Å². The quantitative estimate of drug-likeness (QED) is 0.756. The fourth-order valence-electron chi connectivity index (χ4n) is 2.57. The second kappa shape index (κ2) is 3.74. The Bertz CT molecular complexity index is 240. The van der Waals surface area contributed by atoms with Crippen molar-refractivity contribution in [3.8, 4) is 0 Å². The molecular formula is C10H17NO2S. The molecular weight excluding hydrogens is 198 g/mol. The summed E-state index contributed by atoms with van der Waals surface area (Å²) in [6, 6.07) is 0.503. The van der Waals surface area contributed by atoms with E-state index in [0.29, 0.717) is 6.04 Å². The van der Waals surface area contributed by atoms with E-state index in [4.69, 9.17) is 0 Å². The second-order valence-electron chi connectivity index (χ2n) is 4.39. The van der Waals surface area contributed by atoms with E-state index in [1.807, 2.05) is 18.7 Å². The molecule has 0 radical (unpaired) electrons. The molecule has 2 aliphatic heterocycles. The van der Waals surface area contributed by atoms with E-state index in [-0.39, 0.29) is 0 Å². The number of carboxylic acid groups (broad SMARTS) is 1. The molecule has 0 spiro atoms. The number of carboxylic acids is 1. The average molecular weight is 215 g/mol. The first-order valence-corrected chi connectivity index (χ1v) is 6.38. The molecule has 0 amide bonds. The number of rotatable bonds is 2. The first kappa shape index (κ1) is 10.3. The Labute approximate surface area is 88.9 Å². The highest BCUT2D eigenvalue weighted by Crippen LogP contribution is 2.35. The molecule has 2 unspecified atom stereocenters. The van der Waals surface area contributed by atoms with Gasteiger partial charge in [-0.2, -0.15) is 11.8 Å². The van der Waals surface area contributed by atoms with Crippen LogP contribution in [0.3, 0.4) is 0 Å². The van der Waals surface area contributed by atoms with Crippen molar-refractivity contribution in [3.63, 3.8) is 0 Å². The maximum absolute atomic E-state index is 11.2. The third-order valence-electron chi connectivity index (χ3n) is 3.50. The van der Waals surface area contributed by atoms with Crippen LogP contribution in [-0.4, -0.2) is 45.6 Å². The molecule has 2 fully saturated rings. The highest BCUT2D eigenvalue weighted by atomic mass is 32.2. The SMILES string of the molecule is CC1(C(=O)O)CCCN1C1CCSC1. The first-order chi connectivity index (χ1) is 6.64. The minimum Gasteiger partial charge on any atom is -0.480 e. The van der Waals surface area contributed by atoms with Gasteiger partial charge in [-0.1, -0.05) is 0 Å². The number of hydrogen-bond donors (Lipinski definition) is 1. The van der Waals surface area contributed by atoms with Gasteiger partial charge >= 0.3 is 5.97 Å². The van der Waals surface area contributed by atoms with Gasteiger partial charge in [0.1, 0.15) is 5.54 Å². The number of hydrogen-bond acceptors (Lipinski definition) is 3. The van der Waals surface area contributed by atoms with Gasteiger partial charge in [-0.3, -0.25) is 9.69 Å². The van der Waals surface area contributed by atoms with Crippen molar-refractivity contribution in [2.45, 2.75) is 37.8 Å². The number of likely N-dealkylation sites (tertiary alicyclic amines) is 1. The van der Waals surface area contributed by atoms with Gasteiger partial charge in [0.2, 0.25) is 0 Å². The molecule has 2 saturated heterocycles. The van der Waals surface area contributed by atoms with Gasteiger partial charge in [-0.25, -0.2) is 0 Å². The Morgan fingerprint density at radius 2 is 2.43 bits per heavy atom. The Morgan fingerprint density at radius 1 is 1.64 bits per heavy atom. The van der Waals surface area contributed by atoms with Crippen LogP contribution in [0.25, 0.3) is 0 Å². The molecule has 0 aromatic rings. The zero-order valence-corrected chi connectivity index (χ0v) is 9.35. The highest BCUT2D eigenvalue weighted by molar-refractivity contribution is 7.99. The molecule has 3 nitrogen and oxygen atoms in total. The smallest absolute Gasteiger partial charge is 0.323 e. The molecule has 2 aliphatic rings. The molecule has 0 aliphatic carbocycles. The summed E-state index contributed by atoms with van der Waals surface area (Å²) in [7, 11) is 0. The fourth-order valence-corrected chi connectivity index (χ4v) is 3.79. The molecule has 0 saturated carbocycles. The number of aliphatic carboxylic acids is 1. The lowest BCUT2D eigenvalue weighted by Crippen LogP contribution is -2.52. The van der Waals surface area contributed by atoms with Crippen LogP contribution in [0.4, 0.5) is 0 Å². The lowest BCUT2D eigenvalue weighted by Gasteiger charge is -2.35. The molecule has 0 bridgehead atoms. The fraction of sp³-hybridized carbons (Fsp3) is 0.900. The lowest BCUT2D eigenvalue weighted by atomic mass is 9.97. The average Bonchev–Trinajstić information content (AvgIpc) is 2.72. The summed E-state index contributed by atoms with van der Waals surface area (Å²) in [4.78, 5) is 13.5. The standard InChI is InChI=1S/C10H17NO2S/c1-10(9(12)13)4-2-5-11(10)8-3-6-14-7-8/h8H,2-7H2,1H3,(H,12,13). The maximum Gasteiger partial charge on any atom is 0.323 e. The van der Waals surface area contributed by atoms with E-state index < -0.39 is 11.5 Å². The summed E-state index contributed by atoms with van der Waals surface area (Å²) in [6.45, 7) is 2.85. The molecule has 14 heavy (non-hydrogen) atoms. The topological polar surface area (TPSA) is 40.5 Å². The molecule has 2 rings (SSSR count). The van der Waals surface area contributed by atoms with E-state index in [0.717, 1.165) is 31.6 Å². The van der Waals surface area contributed by atoms with Crippen LogP contribution in [0.5, 0.6) is 0 Å². The van der Waals surface area contributed by atoms with Crippen LogP contribution >= 0.6 is 11.8 Å². The number of nitrogens with zero attached hydrogens (tertiary/aromatic N) is 1. The largest absolute Gasteiger partial charge is 0.480 e. The van der Waals surface area contributed by atoms with Gasteiger partial charge in [-0.05, 0) is 38.5 Å². The van der Waals surface area contributed by atoms with Gasteiger partial charge in [0.15, 0.2) is 0 Å². The van der Waals surface area contributed by atoms with Crippen molar-refractivity contribution < 1.29 is 9.90 Å². The lowest BCUT2D eigenvalue weighted by molar-refractivity contribution is -0.149. The zero-order valence-electron chi connectivity index (χ0n) is 8.53. The molecule has 0 aromatic carbocycles. The van der Waals surface area contributed by atoms with Gasteiger partial charge in [0.05, 0.1) is 0 Å². The second-order valence-corrected chi connectivity index (χ2v) is 5.54. The Kier molecular flexibility index (Phi) is 2.75. The van der Waals surface area contributed by atoms with Crippen molar-refractivity contribution >= 4 is 17.7 Å². The summed E-state index contributed by atoms with van der Waals surface area (Å²) in [6.07, 6.45) is 3.00. The maximum atomic E-state index is 11.2. The molecule has 2 atom stereocenters. The molecule has 0 aromatic heterocycles.